The van der Waals surface area contributed by atoms with E-state index in [0.29, 0.717) is 31.1 Å². The van der Waals surface area contributed by atoms with E-state index in [-0.39, 0.29) is 12.1 Å². The first kappa shape index (κ1) is 19.8. The number of rotatable bonds is 7. The fraction of sp³-hybridized carbons (Fsp3) is 0.550. The number of ether oxygens (including phenoxy) is 3. The van der Waals surface area contributed by atoms with E-state index in [2.05, 4.69) is 4.90 Å². The van der Waals surface area contributed by atoms with Crippen molar-refractivity contribution in [3.05, 3.63) is 35.5 Å². The second-order valence-electron chi connectivity index (χ2n) is 7.06. The lowest BCUT2D eigenvalue weighted by Gasteiger charge is -2.37. The first-order chi connectivity index (χ1) is 13.0. The molecule has 1 N–H and O–H groups in total. The van der Waals surface area contributed by atoms with Gasteiger partial charge in [-0.2, -0.15) is 0 Å². The van der Waals surface area contributed by atoms with Gasteiger partial charge in [0, 0.05) is 30.3 Å². The molecule has 1 aromatic carbocycles. The molecule has 0 aliphatic carbocycles. The minimum absolute atomic E-state index is 0.145. The molecule has 1 aliphatic heterocycles. The second kappa shape index (κ2) is 8.39. The van der Waals surface area contributed by atoms with E-state index >= 15 is 0 Å². The van der Waals surface area contributed by atoms with Crippen molar-refractivity contribution in [2.75, 3.05) is 40.5 Å². The van der Waals surface area contributed by atoms with Gasteiger partial charge in [0.2, 0.25) is 0 Å². The molecule has 1 saturated heterocycles. The summed E-state index contributed by atoms with van der Waals surface area (Å²) in [6.45, 7) is 6.46. The molecule has 0 radical (unpaired) electrons. The quantitative estimate of drug-likeness (QED) is 0.801. The van der Waals surface area contributed by atoms with Gasteiger partial charge in [-0.3, -0.25) is 4.90 Å². The highest BCUT2D eigenvalue weighted by atomic mass is 16.7. The minimum atomic E-state index is -0.917. The number of hydrogen-bond donors (Lipinski definition) is 1. The minimum Gasteiger partial charge on any atom is -0.478 e. The van der Waals surface area contributed by atoms with Gasteiger partial charge in [-0.1, -0.05) is 18.2 Å². The third-order valence-electron chi connectivity index (χ3n) is 5.35. The number of carbonyl (C=O) groups is 1. The van der Waals surface area contributed by atoms with Gasteiger partial charge in [0.1, 0.15) is 0 Å². The highest BCUT2D eigenvalue weighted by molar-refractivity contribution is 6.05. The average Bonchev–Trinajstić information content (AvgIpc) is 2.97. The normalized spacial score (nSPS) is 21.7. The van der Waals surface area contributed by atoms with Gasteiger partial charge in [0.25, 0.3) is 0 Å². The van der Waals surface area contributed by atoms with Gasteiger partial charge in [-0.15, -0.1) is 0 Å². The number of nitrogens with zero attached hydrogens (tertiary/aromatic N) is 2. The summed E-state index contributed by atoms with van der Waals surface area (Å²) in [5.74, 6) is -0.917. The van der Waals surface area contributed by atoms with Crippen LogP contribution in [-0.4, -0.2) is 73.4 Å². The summed E-state index contributed by atoms with van der Waals surface area (Å²) in [5, 5.41) is 10.4. The lowest BCUT2D eigenvalue weighted by Crippen LogP contribution is -2.48. The van der Waals surface area contributed by atoms with Gasteiger partial charge >= 0.3 is 5.97 Å². The zero-order chi connectivity index (χ0) is 19.6. The Bertz CT molecular complexity index is 795. The standard InChI is InChI=1S/C20H28N2O5/c1-13-18(19(23)24)16-7-5-6-8-17(16)22(13)14(2)20-26-11-15(12-27-20)21(3)9-10-25-4/h5-8,14-15,20H,9-12H2,1-4H3,(H,23,24)/t14-,15?,20?/m1/s1. The van der Waals surface area contributed by atoms with Gasteiger partial charge in [-0.25, -0.2) is 4.79 Å². The number of fused-ring (bicyclic) bond motifs is 1. The Morgan fingerprint density at radius 1 is 1.37 bits per heavy atom. The summed E-state index contributed by atoms with van der Waals surface area (Å²) in [7, 11) is 3.72. The van der Waals surface area contributed by atoms with E-state index in [4.69, 9.17) is 14.2 Å². The SMILES string of the molecule is COCCN(C)C1COC([C@@H](C)n2c(C)c(C(=O)O)c3ccccc32)OC1. The Balaban J connectivity index is 1.79. The largest absolute Gasteiger partial charge is 0.478 e. The van der Waals surface area contributed by atoms with Crippen LogP contribution in [0, 0.1) is 6.92 Å². The summed E-state index contributed by atoms with van der Waals surface area (Å²) < 4.78 is 19.2. The van der Waals surface area contributed by atoms with Gasteiger partial charge in [-0.05, 0) is 27.0 Å². The molecular formula is C20H28N2O5. The molecule has 0 saturated carbocycles. The van der Waals surface area contributed by atoms with Crippen LogP contribution in [-0.2, 0) is 14.2 Å². The molecule has 0 spiro atoms. The van der Waals surface area contributed by atoms with E-state index in [9.17, 15) is 9.90 Å². The monoisotopic (exact) mass is 376 g/mol. The maximum Gasteiger partial charge on any atom is 0.338 e. The van der Waals surface area contributed by atoms with Crippen LogP contribution >= 0.6 is 0 Å². The maximum atomic E-state index is 11.8. The van der Waals surface area contributed by atoms with E-state index < -0.39 is 12.3 Å². The number of aromatic nitrogens is 1. The zero-order valence-corrected chi connectivity index (χ0v) is 16.3. The second-order valence-corrected chi connectivity index (χ2v) is 7.06. The van der Waals surface area contributed by atoms with Crippen LogP contribution in [0.15, 0.2) is 24.3 Å². The number of aromatic carboxylic acids is 1. The Hall–Kier alpha value is -1.93. The van der Waals surface area contributed by atoms with E-state index in [1.165, 1.54) is 0 Å². The summed E-state index contributed by atoms with van der Waals surface area (Å²) in [5.41, 5.74) is 1.93. The summed E-state index contributed by atoms with van der Waals surface area (Å²) >= 11 is 0. The van der Waals surface area contributed by atoms with Crippen molar-refractivity contribution in [3.8, 4) is 0 Å². The molecule has 0 unspecified atom stereocenters. The predicted molar refractivity (Wildman–Crippen MR) is 102 cm³/mol. The third kappa shape index (κ3) is 3.87. The molecule has 3 rings (SSSR count). The molecule has 1 fully saturated rings. The van der Waals surface area contributed by atoms with Crippen LogP contribution in [0.4, 0.5) is 0 Å². The first-order valence-corrected chi connectivity index (χ1v) is 9.20. The molecule has 0 bridgehead atoms. The molecular weight excluding hydrogens is 348 g/mol. The van der Waals surface area contributed by atoms with Crippen LogP contribution < -0.4 is 0 Å². The smallest absolute Gasteiger partial charge is 0.338 e. The predicted octanol–water partition coefficient (Wildman–Crippen LogP) is 2.53. The van der Waals surface area contributed by atoms with Crippen molar-refractivity contribution in [3.63, 3.8) is 0 Å². The topological polar surface area (TPSA) is 73.2 Å². The van der Waals surface area contributed by atoms with Crippen molar-refractivity contribution in [1.29, 1.82) is 0 Å². The number of methoxy groups -OCH3 is 1. The molecule has 27 heavy (non-hydrogen) atoms. The lowest BCUT2D eigenvalue weighted by atomic mass is 10.1. The van der Waals surface area contributed by atoms with Gasteiger partial charge < -0.3 is 23.9 Å². The highest BCUT2D eigenvalue weighted by Gasteiger charge is 2.32. The van der Waals surface area contributed by atoms with E-state index in [0.717, 1.165) is 17.4 Å². The molecule has 0 amide bonds. The maximum absolute atomic E-state index is 11.8. The van der Waals surface area contributed by atoms with Crippen molar-refractivity contribution < 1.29 is 24.1 Å². The number of carboxylic acid groups (broad SMARTS) is 1. The van der Waals surface area contributed by atoms with Crippen LogP contribution in [0.3, 0.4) is 0 Å². The third-order valence-corrected chi connectivity index (χ3v) is 5.35. The Kier molecular flexibility index (Phi) is 6.16. The van der Waals surface area contributed by atoms with E-state index in [1.807, 2.05) is 49.7 Å². The fourth-order valence-corrected chi connectivity index (χ4v) is 3.77. The Morgan fingerprint density at radius 2 is 2.04 bits per heavy atom. The Morgan fingerprint density at radius 3 is 2.67 bits per heavy atom. The fourth-order valence-electron chi connectivity index (χ4n) is 3.77. The van der Waals surface area contributed by atoms with Gasteiger partial charge in [0.05, 0.1) is 37.5 Å². The zero-order valence-electron chi connectivity index (χ0n) is 16.3. The Labute approximate surface area is 159 Å². The summed E-state index contributed by atoms with van der Waals surface area (Å²) in [4.78, 5) is 13.9. The van der Waals surface area contributed by atoms with Crippen molar-refractivity contribution >= 4 is 16.9 Å². The number of benzene rings is 1. The summed E-state index contributed by atoms with van der Waals surface area (Å²) in [6, 6.07) is 7.60. The first-order valence-electron chi connectivity index (χ1n) is 9.20. The molecule has 148 valence electrons. The van der Waals surface area contributed by atoms with Crippen molar-refractivity contribution in [2.24, 2.45) is 0 Å². The van der Waals surface area contributed by atoms with Crippen LogP contribution in [0.5, 0.6) is 0 Å². The van der Waals surface area contributed by atoms with Gasteiger partial charge in [0.15, 0.2) is 6.29 Å². The van der Waals surface area contributed by atoms with Crippen LogP contribution in [0.25, 0.3) is 10.9 Å². The summed E-state index contributed by atoms with van der Waals surface area (Å²) in [6.07, 6.45) is -0.423. The molecule has 1 aliphatic rings. The molecule has 1 aromatic heterocycles. The number of hydrogen-bond acceptors (Lipinski definition) is 5. The van der Waals surface area contributed by atoms with Crippen LogP contribution in [0.2, 0.25) is 0 Å². The average molecular weight is 376 g/mol. The molecule has 7 heteroatoms. The number of para-hydroxylation sites is 1. The molecule has 7 nitrogen and oxygen atoms in total. The van der Waals surface area contributed by atoms with Crippen molar-refractivity contribution in [2.45, 2.75) is 32.2 Å². The lowest BCUT2D eigenvalue weighted by molar-refractivity contribution is -0.219. The molecule has 1 atom stereocenters. The number of likely N-dealkylation sites (N-methyl/N-ethyl adjacent to an activating group) is 1. The highest BCUT2D eigenvalue weighted by Crippen LogP contribution is 2.32. The molecule has 2 heterocycles. The van der Waals surface area contributed by atoms with Crippen molar-refractivity contribution in [1.82, 2.24) is 9.47 Å². The van der Waals surface area contributed by atoms with Crippen LogP contribution in [0.1, 0.15) is 29.0 Å². The number of carboxylic acids is 1. The van der Waals surface area contributed by atoms with E-state index in [1.54, 1.807) is 7.11 Å². The molecule has 2 aromatic rings.